The third kappa shape index (κ3) is 5.43. The maximum atomic E-state index is 12.1. The SMILES string of the molecule is O=C(Nc1ccccc1)O[C@H]1CCN(CCCC(=O)c2ccccc2)C1. The van der Waals surface area contributed by atoms with Crippen molar-refractivity contribution in [1.29, 1.82) is 0 Å². The fourth-order valence-corrected chi connectivity index (χ4v) is 3.15. The topological polar surface area (TPSA) is 58.6 Å². The molecular formula is C21H24N2O3. The Morgan fingerprint density at radius 1 is 1.04 bits per heavy atom. The molecule has 0 bridgehead atoms. The van der Waals surface area contributed by atoms with Crippen LogP contribution in [-0.4, -0.2) is 42.5 Å². The molecule has 0 spiro atoms. The van der Waals surface area contributed by atoms with E-state index in [0.717, 1.165) is 43.7 Å². The van der Waals surface area contributed by atoms with E-state index in [-0.39, 0.29) is 11.9 Å². The maximum absolute atomic E-state index is 12.1. The van der Waals surface area contributed by atoms with Crippen LogP contribution in [0.25, 0.3) is 0 Å². The lowest BCUT2D eigenvalue weighted by molar-refractivity contribution is 0.0974. The first-order chi connectivity index (χ1) is 12.7. The van der Waals surface area contributed by atoms with Gasteiger partial charge in [-0.3, -0.25) is 15.0 Å². The lowest BCUT2D eigenvalue weighted by Gasteiger charge is -2.16. The summed E-state index contributed by atoms with van der Waals surface area (Å²) in [4.78, 5) is 26.3. The van der Waals surface area contributed by atoms with Gasteiger partial charge in [0.2, 0.25) is 0 Å². The molecule has 1 atom stereocenters. The average molecular weight is 352 g/mol. The number of nitrogens with one attached hydrogen (secondary N) is 1. The molecule has 1 aliphatic heterocycles. The summed E-state index contributed by atoms with van der Waals surface area (Å²) in [5.41, 5.74) is 1.50. The lowest BCUT2D eigenvalue weighted by atomic mass is 10.1. The van der Waals surface area contributed by atoms with Gasteiger partial charge < -0.3 is 4.74 Å². The number of Topliss-reactive ketones (excluding diaryl/α,β-unsaturated/α-hetero) is 1. The Bertz CT molecular complexity index is 719. The number of ether oxygens (including phenoxy) is 1. The second kappa shape index (κ2) is 9.15. The van der Waals surface area contributed by atoms with Crippen molar-refractivity contribution in [2.45, 2.75) is 25.4 Å². The van der Waals surface area contributed by atoms with E-state index in [1.165, 1.54) is 0 Å². The maximum Gasteiger partial charge on any atom is 0.411 e. The molecule has 5 heteroatoms. The number of carbonyl (C=O) groups is 2. The Labute approximate surface area is 154 Å². The van der Waals surface area contributed by atoms with Crippen LogP contribution in [0.5, 0.6) is 0 Å². The highest BCUT2D eigenvalue weighted by atomic mass is 16.6. The van der Waals surface area contributed by atoms with Gasteiger partial charge in [0, 0.05) is 30.8 Å². The molecule has 0 saturated carbocycles. The molecule has 1 fully saturated rings. The normalized spacial score (nSPS) is 17.0. The lowest BCUT2D eigenvalue weighted by Crippen LogP contribution is -2.27. The molecule has 1 amide bonds. The van der Waals surface area contributed by atoms with Gasteiger partial charge >= 0.3 is 6.09 Å². The van der Waals surface area contributed by atoms with E-state index >= 15 is 0 Å². The fourth-order valence-electron chi connectivity index (χ4n) is 3.15. The van der Waals surface area contributed by atoms with Crippen LogP contribution < -0.4 is 5.32 Å². The largest absolute Gasteiger partial charge is 0.445 e. The molecule has 1 saturated heterocycles. The number of rotatable bonds is 7. The van der Waals surface area contributed by atoms with Gasteiger partial charge in [0.05, 0.1) is 0 Å². The number of hydrogen-bond acceptors (Lipinski definition) is 4. The summed E-state index contributed by atoms with van der Waals surface area (Å²) in [6.45, 7) is 2.46. The minimum atomic E-state index is -0.415. The summed E-state index contributed by atoms with van der Waals surface area (Å²) in [5.74, 6) is 0.180. The third-order valence-corrected chi connectivity index (χ3v) is 4.50. The molecule has 5 nitrogen and oxygen atoms in total. The first-order valence-corrected chi connectivity index (χ1v) is 9.04. The third-order valence-electron chi connectivity index (χ3n) is 4.50. The van der Waals surface area contributed by atoms with Crippen LogP contribution in [0.2, 0.25) is 0 Å². The number of para-hydroxylation sites is 1. The Balaban J connectivity index is 1.35. The van der Waals surface area contributed by atoms with E-state index < -0.39 is 6.09 Å². The zero-order valence-electron chi connectivity index (χ0n) is 14.8. The Kier molecular flexibility index (Phi) is 6.39. The van der Waals surface area contributed by atoms with Gasteiger partial charge in [0.25, 0.3) is 0 Å². The molecule has 0 aliphatic carbocycles. The van der Waals surface area contributed by atoms with Crippen LogP contribution in [0.4, 0.5) is 10.5 Å². The monoisotopic (exact) mass is 352 g/mol. The second-order valence-corrected chi connectivity index (χ2v) is 6.50. The number of ketones is 1. The smallest absolute Gasteiger partial charge is 0.411 e. The van der Waals surface area contributed by atoms with Crippen molar-refractivity contribution in [1.82, 2.24) is 4.90 Å². The molecule has 0 unspecified atom stereocenters. The van der Waals surface area contributed by atoms with Crippen molar-refractivity contribution < 1.29 is 14.3 Å². The van der Waals surface area contributed by atoms with E-state index in [1.54, 1.807) is 0 Å². The van der Waals surface area contributed by atoms with Gasteiger partial charge in [-0.25, -0.2) is 4.79 Å². The molecular weight excluding hydrogens is 328 g/mol. The van der Waals surface area contributed by atoms with Crippen molar-refractivity contribution in [2.24, 2.45) is 0 Å². The Hall–Kier alpha value is -2.66. The van der Waals surface area contributed by atoms with Crippen LogP contribution in [0.15, 0.2) is 60.7 Å². The zero-order valence-corrected chi connectivity index (χ0v) is 14.8. The van der Waals surface area contributed by atoms with E-state index in [2.05, 4.69) is 10.2 Å². The van der Waals surface area contributed by atoms with Crippen molar-refractivity contribution in [3.63, 3.8) is 0 Å². The summed E-state index contributed by atoms with van der Waals surface area (Å²) >= 11 is 0. The van der Waals surface area contributed by atoms with Crippen molar-refractivity contribution in [3.05, 3.63) is 66.2 Å². The van der Waals surface area contributed by atoms with Crippen molar-refractivity contribution in [2.75, 3.05) is 25.0 Å². The van der Waals surface area contributed by atoms with E-state index in [1.807, 2.05) is 60.7 Å². The molecule has 1 aliphatic rings. The predicted molar refractivity (Wildman–Crippen MR) is 101 cm³/mol. The van der Waals surface area contributed by atoms with Gasteiger partial charge in [0.15, 0.2) is 5.78 Å². The average Bonchev–Trinajstić information content (AvgIpc) is 3.10. The predicted octanol–water partition coefficient (Wildman–Crippen LogP) is 3.97. The van der Waals surface area contributed by atoms with Crippen LogP contribution >= 0.6 is 0 Å². The van der Waals surface area contributed by atoms with Crippen LogP contribution in [-0.2, 0) is 4.74 Å². The van der Waals surface area contributed by atoms with E-state index in [0.29, 0.717) is 6.42 Å². The molecule has 2 aromatic rings. The number of nitrogens with zero attached hydrogens (tertiary/aromatic N) is 1. The number of benzene rings is 2. The number of carbonyl (C=O) groups excluding carboxylic acids is 2. The van der Waals surface area contributed by atoms with Crippen molar-refractivity contribution >= 4 is 17.6 Å². The molecule has 1 heterocycles. The van der Waals surface area contributed by atoms with Crippen LogP contribution in [0, 0.1) is 0 Å². The minimum absolute atomic E-state index is 0.0939. The quantitative estimate of drug-likeness (QED) is 0.766. The summed E-state index contributed by atoms with van der Waals surface area (Å²) in [6, 6.07) is 18.7. The molecule has 1 N–H and O–H groups in total. The number of likely N-dealkylation sites (tertiary alicyclic amines) is 1. The number of amides is 1. The van der Waals surface area contributed by atoms with Crippen molar-refractivity contribution in [3.8, 4) is 0 Å². The molecule has 3 rings (SSSR count). The molecule has 0 radical (unpaired) electrons. The second-order valence-electron chi connectivity index (χ2n) is 6.50. The van der Waals surface area contributed by atoms with Gasteiger partial charge in [-0.1, -0.05) is 48.5 Å². The molecule has 0 aromatic heterocycles. The van der Waals surface area contributed by atoms with Gasteiger partial charge in [0.1, 0.15) is 6.10 Å². The Morgan fingerprint density at radius 2 is 1.73 bits per heavy atom. The van der Waals surface area contributed by atoms with Gasteiger partial charge in [-0.05, 0) is 31.5 Å². The highest BCUT2D eigenvalue weighted by Crippen LogP contribution is 2.15. The van der Waals surface area contributed by atoms with Crippen LogP contribution in [0.1, 0.15) is 29.6 Å². The summed E-state index contributed by atoms with van der Waals surface area (Å²) in [7, 11) is 0. The molecule has 136 valence electrons. The number of anilines is 1. The standard InChI is InChI=1S/C21H24N2O3/c24-20(17-8-3-1-4-9-17)12-7-14-23-15-13-19(16-23)26-21(25)22-18-10-5-2-6-11-18/h1-6,8-11,19H,7,12-16H2,(H,22,25)/t19-/m0/s1. The van der Waals surface area contributed by atoms with Gasteiger partial charge in [-0.15, -0.1) is 0 Å². The first-order valence-electron chi connectivity index (χ1n) is 9.04. The number of hydrogen-bond donors (Lipinski definition) is 1. The highest BCUT2D eigenvalue weighted by molar-refractivity contribution is 5.95. The summed E-state index contributed by atoms with van der Waals surface area (Å²) < 4.78 is 5.48. The molecule has 26 heavy (non-hydrogen) atoms. The van der Waals surface area contributed by atoms with E-state index in [4.69, 9.17) is 4.74 Å². The summed E-state index contributed by atoms with van der Waals surface area (Å²) in [5, 5.41) is 2.74. The minimum Gasteiger partial charge on any atom is -0.445 e. The van der Waals surface area contributed by atoms with E-state index in [9.17, 15) is 9.59 Å². The Morgan fingerprint density at radius 3 is 2.46 bits per heavy atom. The van der Waals surface area contributed by atoms with Gasteiger partial charge in [-0.2, -0.15) is 0 Å². The first kappa shape index (κ1) is 18.1. The fraction of sp³-hybridized carbons (Fsp3) is 0.333. The van der Waals surface area contributed by atoms with Crippen LogP contribution in [0.3, 0.4) is 0 Å². The summed E-state index contributed by atoms with van der Waals surface area (Å²) in [6.07, 6.45) is 1.68. The highest BCUT2D eigenvalue weighted by Gasteiger charge is 2.25. The molecule has 2 aromatic carbocycles. The zero-order chi connectivity index (χ0) is 18.2.